The Morgan fingerprint density at radius 3 is 2.75 bits per heavy atom. The fourth-order valence-corrected chi connectivity index (χ4v) is 1.87. The molecule has 1 aromatic rings. The van der Waals surface area contributed by atoms with Crippen molar-refractivity contribution in [3.05, 3.63) is 18.3 Å². The first-order chi connectivity index (χ1) is 7.74. The monoisotopic (exact) mass is 223 g/mol. The summed E-state index contributed by atoms with van der Waals surface area (Å²) in [7, 11) is 0. The molecule has 0 aliphatic carbocycles. The predicted octanol–water partition coefficient (Wildman–Crippen LogP) is 0.617. The van der Waals surface area contributed by atoms with E-state index in [4.69, 9.17) is 10.5 Å². The topological polar surface area (TPSA) is 80.4 Å². The van der Waals surface area contributed by atoms with Gasteiger partial charge in [-0.05, 0) is 25.0 Å². The van der Waals surface area contributed by atoms with Crippen LogP contribution in [0.1, 0.15) is 12.8 Å². The molecule has 1 saturated heterocycles. The van der Waals surface area contributed by atoms with E-state index >= 15 is 0 Å². The Morgan fingerprint density at radius 2 is 2.19 bits per heavy atom. The van der Waals surface area contributed by atoms with Crippen molar-refractivity contribution in [2.45, 2.75) is 18.4 Å². The number of nitrogens with zero attached hydrogens (tertiary/aromatic N) is 1. The van der Waals surface area contributed by atoms with Gasteiger partial charge in [-0.3, -0.25) is 0 Å². The van der Waals surface area contributed by atoms with Crippen LogP contribution in [0.3, 0.4) is 0 Å². The number of nitrogens with two attached hydrogens (primary N) is 1. The van der Waals surface area contributed by atoms with Crippen molar-refractivity contribution in [3.8, 4) is 0 Å². The highest BCUT2D eigenvalue weighted by molar-refractivity contribution is 5.47. The summed E-state index contributed by atoms with van der Waals surface area (Å²) in [5, 5.41) is 12.8. The van der Waals surface area contributed by atoms with Crippen molar-refractivity contribution in [2.75, 3.05) is 30.9 Å². The van der Waals surface area contributed by atoms with Crippen LogP contribution in [0, 0.1) is 0 Å². The Hall–Kier alpha value is -1.33. The highest BCUT2D eigenvalue weighted by atomic mass is 16.5. The molecule has 0 amide bonds. The summed E-state index contributed by atoms with van der Waals surface area (Å²) < 4.78 is 5.30. The second-order valence-electron chi connectivity index (χ2n) is 4.15. The molecule has 0 bridgehead atoms. The molecule has 16 heavy (non-hydrogen) atoms. The largest absolute Gasteiger partial charge is 0.394 e. The molecule has 0 spiro atoms. The maximum Gasteiger partial charge on any atom is 0.123 e. The summed E-state index contributed by atoms with van der Waals surface area (Å²) in [4.78, 5) is 4.01. The van der Waals surface area contributed by atoms with Crippen LogP contribution in [0.25, 0.3) is 0 Å². The summed E-state index contributed by atoms with van der Waals surface area (Å²) in [6, 6.07) is 3.61. The zero-order valence-corrected chi connectivity index (χ0v) is 9.15. The van der Waals surface area contributed by atoms with Crippen LogP contribution in [-0.4, -0.2) is 35.5 Å². The molecule has 0 atom stereocenters. The van der Waals surface area contributed by atoms with Gasteiger partial charge >= 0.3 is 0 Å². The number of ether oxygens (including phenoxy) is 1. The van der Waals surface area contributed by atoms with Gasteiger partial charge in [0.15, 0.2) is 0 Å². The summed E-state index contributed by atoms with van der Waals surface area (Å²) in [6.45, 7) is 1.45. The van der Waals surface area contributed by atoms with Crippen LogP contribution in [0.4, 0.5) is 11.5 Å². The molecular formula is C11H17N3O2. The Morgan fingerprint density at radius 1 is 1.44 bits per heavy atom. The number of aliphatic hydroxyl groups excluding tert-OH is 1. The maximum absolute atomic E-state index is 9.49. The summed E-state index contributed by atoms with van der Waals surface area (Å²) >= 11 is 0. The number of nitrogen functional groups attached to an aromatic ring is 1. The van der Waals surface area contributed by atoms with Gasteiger partial charge < -0.3 is 20.9 Å². The minimum absolute atomic E-state index is 0.0980. The van der Waals surface area contributed by atoms with Crippen molar-refractivity contribution in [1.29, 1.82) is 0 Å². The molecule has 1 aliphatic heterocycles. The van der Waals surface area contributed by atoms with E-state index in [1.165, 1.54) is 0 Å². The lowest BCUT2D eigenvalue weighted by Gasteiger charge is -2.37. The van der Waals surface area contributed by atoms with Crippen molar-refractivity contribution in [1.82, 2.24) is 4.98 Å². The van der Waals surface area contributed by atoms with E-state index in [0.717, 1.165) is 18.5 Å². The highest BCUT2D eigenvalue weighted by Gasteiger charge is 2.31. The standard InChI is InChI=1S/C11H17N3O2/c12-10-2-1-9(7-13-10)14-11(8-15)3-5-16-6-4-11/h1-2,7,14-15H,3-6,8H2,(H2,12,13). The molecule has 0 aromatic carbocycles. The minimum atomic E-state index is -0.282. The van der Waals surface area contributed by atoms with E-state index in [0.29, 0.717) is 19.0 Å². The van der Waals surface area contributed by atoms with Crippen molar-refractivity contribution < 1.29 is 9.84 Å². The van der Waals surface area contributed by atoms with Gasteiger partial charge in [0, 0.05) is 13.2 Å². The average Bonchev–Trinajstić information content (AvgIpc) is 2.33. The SMILES string of the molecule is Nc1ccc(NC2(CO)CCOCC2)cn1. The second-order valence-corrected chi connectivity index (χ2v) is 4.15. The van der Waals surface area contributed by atoms with Crippen LogP contribution in [0.5, 0.6) is 0 Å². The number of hydrogen-bond donors (Lipinski definition) is 3. The minimum Gasteiger partial charge on any atom is -0.394 e. The van der Waals surface area contributed by atoms with E-state index in [-0.39, 0.29) is 12.1 Å². The van der Waals surface area contributed by atoms with Gasteiger partial charge in [0.25, 0.3) is 0 Å². The van der Waals surface area contributed by atoms with Gasteiger partial charge in [-0.25, -0.2) is 4.98 Å². The summed E-state index contributed by atoms with van der Waals surface area (Å²) in [5.41, 5.74) is 6.12. The number of aromatic nitrogens is 1. The molecule has 0 radical (unpaired) electrons. The summed E-state index contributed by atoms with van der Waals surface area (Å²) in [6.07, 6.45) is 3.28. The predicted molar refractivity (Wildman–Crippen MR) is 62.1 cm³/mol. The number of rotatable bonds is 3. The molecule has 88 valence electrons. The van der Waals surface area contributed by atoms with Gasteiger partial charge in [0.05, 0.1) is 24.0 Å². The molecular weight excluding hydrogens is 206 g/mol. The number of aliphatic hydroxyl groups is 1. The lowest BCUT2D eigenvalue weighted by atomic mass is 9.91. The van der Waals surface area contributed by atoms with Crippen molar-refractivity contribution >= 4 is 11.5 Å². The second kappa shape index (κ2) is 4.67. The molecule has 1 fully saturated rings. The number of anilines is 2. The van der Waals surface area contributed by atoms with Crippen LogP contribution < -0.4 is 11.1 Å². The van der Waals surface area contributed by atoms with Crippen LogP contribution in [0.15, 0.2) is 18.3 Å². The van der Waals surface area contributed by atoms with E-state index in [2.05, 4.69) is 10.3 Å². The molecule has 0 unspecified atom stereocenters. The van der Waals surface area contributed by atoms with E-state index < -0.39 is 0 Å². The first kappa shape index (κ1) is 11.2. The number of pyridine rings is 1. The zero-order valence-electron chi connectivity index (χ0n) is 9.15. The highest BCUT2D eigenvalue weighted by Crippen LogP contribution is 2.25. The first-order valence-corrected chi connectivity index (χ1v) is 5.42. The molecule has 1 aliphatic rings. The number of nitrogens with one attached hydrogen (secondary N) is 1. The first-order valence-electron chi connectivity index (χ1n) is 5.42. The van der Waals surface area contributed by atoms with Gasteiger partial charge in [-0.2, -0.15) is 0 Å². The average molecular weight is 223 g/mol. The molecule has 4 N–H and O–H groups in total. The van der Waals surface area contributed by atoms with Gasteiger partial charge in [0.2, 0.25) is 0 Å². The van der Waals surface area contributed by atoms with Crippen LogP contribution in [-0.2, 0) is 4.74 Å². The third-order valence-electron chi connectivity index (χ3n) is 2.95. The van der Waals surface area contributed by atoms with Crippen molar-refractivity contribution in [2.24, 2.45) is 0 Å². The maximum atomic E-state index is 9.49. The normalized spacial score (nSPS) is 19.3. The lowest BCUT2D eigenvalue weighted by molar-refractivity contribution is 0.0380. The molecule has 5 heteroatoms. The van der Waals surface area contributed by atoms with Gasteiger partial charge in [-0.1, -0.05) is 0 Å². The van der Waals surface area contributed by atoms with E-state index in [9.17, 15) is 5.11 Å². The third kappa shape index (κ3) is 2.43. The quantitative estimate of drug-likeness (QED) is 0.700. The zero-order chi connectivity index (χ0) is 11.4. The Bertz CT molecular complexity index is 334. The van der Waals surface area contributed by atoms with Gasteiger partial charge in [0.1, 0.15) is 5.82 Å². The molecule has 2 rings (SSSR count). The fourth-order valence-electron chi connectivity index (χ4n) is 1.87. The fraction of sp³-hybridized carbons (Fsp3) is 0.545. The molecule has 1 aromatic heterocycles. The number of hydrogen-bond acceptors (Lipinski definition) is 5. The van der Waals surface area contributed by atoms with Gasteiger partial charge in [-0.15, -0.1) is 0 Å². The Balaban J connectivity index is 2.08. The lowest BCUT2D eigenvalue weighted by Crippen LogP contribution is -2.46. The Kier molecular flexibility index (Phi) is 3.26. The molecule has 2 heterocycles. The molecule has 0 saturated carbocycles. The Labute approximate surface area is 94.6 Å². The van der Waals surface area contributed by atoms with Crippen molar-refractivity contribution in [3.63, 3.8) is 0 Å². The third-order valence-corrected chi connectivity index (χ3v) is 2.95. The smallest absolute Gasteiger partial charge is 0.123 e. The van der Waals surface area contributed by atoms with Crippen LogP contribution in [0.2, 0.25) is 0 Å². The van der Waals surface area contributed by atoms with E-state index in [1.54, 1.807) is 12.3 Å². The van der Waals surface area contributed by atoms with E-state index in [1.807, 2.05) is 6.07 Å². The summed E-state index contributed by atoms with van der Waals surface area (Å²) in [5.74, 6) is 0.496. The van der Waals surface area contributed by atoms with Crippen LogP contribution >= 0.6 is 0 Å². The molecule has 5 nitrogen and oxygen atoms in total.